The smallest absolute Gasteiger partial charge is 0.0590 e. The molecule has 2 heteroatoms. The van der Waals surface area contributed by atoms with E-state index in [4.69, 9.17) is 0 Å². The van der Waals surface area contributed by atoms with E-state index in [0.717, 1.165) is 6.54 Å². The fourth-order valence-electron chi connectivity index (χ4n) is 2.57. The Morgan fingerprint density at radius 3 is 2.20 bits per heavy atom. The lowest BCUT2D eigenvalue weighted by Gasteiger charge is -2.23. The third-order valence-electron chi connectivity index (χ3n) is 3.90. The molecular formula is C18H22BrN. The van der Waals surface area contributed by atoms with Gasteiger partial charge in [0.1, 0.15) is 0 Å². The van der Waals surface area contributed by atoms with Gasteiger partial charge in [-0.15, -0.1) is 0 Å². The molecule has 0 bridgehead atoms. The number of benzene rings is 2. The summed E-state index contributed by atoms with van der Waals surface area (Å²) in [7, 11) is 0. The van der Waals surface area contributed by atoms with Crippen LogP contribution >= 0.6 is 15.9 Å². The second-order valence-electron chi connectivity index (χ2n) is 5.26. The third kappa shape index (κ3) is 2.97. The molecular weight excluding hydrogens is 310 g/mol. The average Bonchev–Trinajstić information content (AvgIpc) is 2.43. The van der Waals surface area contributed by atoms with Crippen LogP contribution in [0, 0.1) is 20.8 Å². The molecule has 0 aliphatic heterocycles. The summed E-state index contributed by atoms with van der Waals surface area (Å²) in [6.45, 7) is 9.62. The monoisotopic (exact) mass is 331 g/mol. The van der Waals surface area contributed by atoms with Crippen molar-refractivity contribution < 1.29 is 0 Å². The van der Waals surface area contributed by atoms with Crippen molar-refractivity contribution in [3.63, 3.8) is 0 Å². The van der Waals surface area contributed by atoms with Gasteiger partial charge in [-0.25, -0.2) is 0 Å². The molecule has 0 fully saturated rings. The molecule has 1 nitrogen and oxygen atoms in total. The number of hydrogen-bond donors (Lipinski definition) is 1. The molecule has 0 aliphatic carbocycles. The van der Waals surface area contributed by atoms with Gasteiger partial charge in [0.2, 0.25) is 0 Å². The maximum atomic E-state index is 3.75. The molecule has 0 aromatic heterocycles. The van der Waals surface area contributed by atoms with Crippen molar-refractivity contribution in [1.29, 1.82) is 0 Å². The standard InChI is InChI=1S/C18H22BrN/c1-5-20-18(15-10-6-8-12(2)14(15)4)16-11-7-9-13(3)17(16)19/h6-11,18,20H,5H2,1-4H3. The van der Waals surface area contributed by atoms with Crippen molar-refractivity contribution in [1.82, 2.24) is 5.32 Å². The van der Waals surface area contributed by atoms with Gasteiger partial charge in [-0.05, 0) is 55.1 Å². The Hall–Kier alpha value is -1.12. The minimum atomic E-state index is 0.231. The minimum absolute atomic E-state index is 0.231. The third-order valence-corrected chi connectivity index (χ3v) is 4.98. The first kappa shape index (κ1) is 15.3. The molecule has 0 aliphatic rings. The predicted molar refractivity (Wildman–Crippen MR) is 90.3 cm³/mol. The topological polar surface area (TPSA) is 12.0 Å². The Kier molecular flexibility index (Phi) is 5.00. The zero-order valence-electron chi connectivity index (χ0n) is 12.6. The highest BCUT2D eigenvalue weighted by Gasteiger charge is 2.18. The summed E-state index contributed by atoms with van der Waals surface area (Å²) in [5.41, 5.74) is 6.65. The van der Waals surface area contributed by atoms with Crippen LogP contribution in [0.1, 0.15) is 40.8 Å². The molecule has 0 spiro atoms. The summed E-state index contributed by atoms with van der Waals surface area (Å²) in [5, 5.41) is 3.62. The van der Waals surface area contributed by atoms with Gasteiger partial charge in [-0.3, -0.25) is 0 Å². The minimum Gasteiger partial charge on any atom is -0.306 e. The van der Waals surface area contributed by atoms with Gasteiger partial charge in [-0.1, -0.05) is 59.3 Å². The first-order valence-electron chi connectivity index (χ1n) is 7.10. The number of aryl methyl sites for hydroxylation is 2. The van der Waals surface area contributed by atoms with Gasteiger partial charge in [0.25, 0.3) is 0 Å². The Balaban J connectivity index is 2.56. The van der Waals surface area contributed by atoms with E-state index in [2.05, 4.69) is 85.3 Å². The number of hydrogen-bond acceptors (Lipinski definition) is 1. The molecule has 0 saturated carbocycles. The zero-order valence-corrected chi connectivity index (χ0v) is 14.2. The molecule has 1 atom stereocenters. The maximum absolute atomic E-state index is 3.75. The molecule has 1 N–H and O–H groups in total. The molecule has 20 heavy (non-hydrogen) atoms. The van der Waals surface area contributed by atoms with Gasteiger partial charge in [0.05, 0.1) is 6.04 Å². The van der Waals surface area contributed by atoms with E-state index in [1.807, 2.05) is 0 Å². The van der Waals surface area contributed by atoms with Crippen LogP contribution < -0.4 is 5.32 Å². The van der Waals surface area contributed by atoms with Crippen molar-refractivity contribution in [2.45, 2.75) is 33.7 Å². The molecule has 2 aromatic carbocycles. The first-order chi connectivity index (χ1) is 9.56. The van der Waals surface area contributed by atoms with Crippen molar-refractivity contribution in [2.24, 2.45) is 0 Å². The van der Waals surface area contributed by atoms with Crippen LogP contribution in [0.5, 0.6) is 0 Å². The van der Waals surface area contributed by atoms with Crippen LogP contribution in [-0.4, -0.2) is 6.54 Å². The number of halogens is 1. The second-order valence-corrected chi connectivity index (χ2v) is 6.05. The summed E-state index contributed by atoms with van der Waals surface area (Å²) >= 11 is 3.75. The second kappa shape index (κ2) is 6.55. The average molecular weight is 332 g/mol. The van der Waals surface area contributed by atoms with Crippen LogP contribution in [-0.2, 0) is 0 Å². The van der Waals surface area contributed by atoms with Crippen LogP contribution in [0.25, 0.3) is 0 Å². The largest absolute Gasteiger partial charge is 0.306 e. The fraction of sp³-hybridized carbons (Fsp3) is 0.333. The van der Waals surface area contributed by atoms with E-state index in [9.17, 15) is 0 Å². The van der Waals surface area contributed by atoms with Crippen LogP contribution in [0.3, 0.4) is 0 Å². The molecule has 0 amide bonds. The lowest BCUT2D eigenvalue weighted by Crippen LogP contribution is -2.23. The van der Waals surface area contributed by atoms with Crippen LogP contribution in [0.2, 0.25) is 0 Å². The van der Waals surface area contributed by atoms with Crippen LogP contribution in [0.4, 0.5) is 0 Å². The lowest BCUT2D eigenvalue weighted by molar-refractivity contribution is 0.624. The van der Waals surface area contributed by atoms with Crippen molar-refractivity contribution in [3.8, 4) is 0 Å². The van der Waals surface area contributed by atoms with Crippen LogP contribution in [0.15, 0.2) is 40.9 Å². The van der Waals surface area contributed by atoms with E-state index in [1.165, 1.54) is 32.3 Å². The van der Waals surface area contributed by atoms with Crippen molar-refractivity contribution >= 4 is 15.9 Å². The SMILES string of the molecule is CCNC(c1cccc(C)c1C)c1cccc(C)c1Br. The van der Waals surface area contributed by atoms with Gasteiger partial charge < -0.3 is 5.32 Å². The summed E-state index contributed by atoms with van der Waals surface area (Å²) in [4.78, 5) is 0. The predicted octanol–water partition coefficient (Wildman–Crippen LogP) is 5.07. The van der Waals surface area contributed by atoms with Gasteiger partial charge in [-0.2, -0.15) is 0 Å². The lowest BCUT2D eigenvalue weighted by atomic mass is 9.92. The summed E-state index contributed by atoms with van der Waals surface area (Å²) < 4.78 is 1.20. The van der Waals surface area contributed by atoms with E-state index < -0.39 is 0 Å². The summed E-state index contributed by atoms with van der Waals surface area (Å²) in [6.07, 6.45) is 0. The molecule has 0 saturated heterocycles. The molecule has 2 aromatic rings. The first-order valence-corrected chi connectivity index (χ1v) is 7.90. The molecule has 0 heterocycles. The Bertz CT molecular complexity index is 553. The highest BCUT2D eigenvalue weighted by atomic mass is 79.9. The molecule has 2 rings (SSSR count). The Labute approximate surface area is 130 Å². The van der Waals surface area contributed by atoms with E-state index in [0.29, 0.717) is 0 Å². The summed E-state index contributed by atoms with van der Waals surface area (Å²) in [5.74, 6) is 0. The fourth-order valence-corrected chi connectivity index (χ4v) is 3.06. The highest BCUT2D eigenvalue weighted by molar-refractivity contribution is 9.10. The van der Waals surface area contributed by atoms with Gasteiger partial charge in [0, 0.05) is 4.47 Å². The van der Waals surface area contributed by atoms with Crippen molar-refractivity contribution in [3.05, 3.63) is 68.7 Å². The molecule has 1 unspecified atom stereocenters. The highest BCUT2D eigenvalue weighted by Crippen LogP contribution is 2.32. The normalized spacial score (nSPS) is 12.4. The maximum Gasteiger partial charge on any atom is 0.0590 e. The van der Waals surface area contributed by atoms with Gasteiger partial charge in [0.15, 0.2) is 0 Å². The summed E-state index contributed by atoms with van der Waals surface area (Å²) in [6, 6.07) is 13.2. The van der Waals surface area contributed by atoms with Gasteiger partial charge >= 0.3 is 0 Å². The molecule has 106 valence electrons. The number of rotatable bonds is 4. The Morgan fingerprint density at radius 1 is 0.950 bits per heavy atom. The van der Waals surface area contributed by atoms with Crippen molar-refractivity contribution in [2.75, 3.05) is 6.54 Å². The number of nitrogens with one attached hydrogen (secondary N) is 1. The van der Waals surface area contributed by atoms with E-state index in [-0.39, 0.29) is 6.04 Å². The molecule has 0 radical (unpaired) electrons. The Morgan fingerprint density at radius 2 is 1.55 bits per heavy atom. The van der Waals surface area contributed by atoms with E-state index >= 15 is 0 Å². The quantitative estimate of drug-likeness (QED) is 0.824. The van der Waals surface area contributed by atoms with E-state index in [1.54, 1.807) is 0 Å². The zero-order chi connectivity index (χ0) is 14.7.